The molecule has 1 saturated carbocycles. The molecule has 0 spiro atoms. The van der Waals surface area contributed by atoms with Crippen molar-refractivity contribution in [2.75, 3.05) is 0 Å². The lowest BCUT2D eigenvalue weighted by atomic mass is 10.2. The van der Waals surface area contributed by atoms with E-state index < -0.39 is 0 Å². The normalized spacial score (nSPS) is 15.6. The highest BCUT2D eigenvalue weighted by atomic mass is 32.2. The van der Waals surface area contributed by atoms with Crippen LogP contribution in [-0.2, 0) is 6.54 Å². The van der Waals surface area contributed by atoms with Gasteiger partial charge in [0, 0.05) is 11.8 Å². The van der Waals surface area contributed by atoms with Crippen LogP contribution in [-0.4, -0.2) is 24.4 Å². The van der Waals surface area contributed by atoms with E-state index in [0.717, 1.165) is 35.3 Å². The molecule has 25 heavy (non-hydrogen) atoms. The van der Waals surface area contributed by atoms with Gasteiger partial charge in [0.15, 0.2) is 5.16 Å². The van der Waals surface area contributed by atoms with E-state index in [1.165, 1.54) is 25.7 Å². The van der Waals surface area contributed by atoms with E-state index in [2.05, 4.69) is 21.5 Å². The average molecular weight is 356 g/mol. The number of nitrogens with zero attached hydrogens (tertiary/aromatic N) is 4. The third-order valence-corrected chi connectivity index (χ3v) is 6.32. The van der Waals surface area contributed by atoms with Gasteiger partial charge in [-0.2, -0.15) is 0 Å². The number of hydrogen-bond acceptors (Lipinski definition) is 4. The molecule has 0 atom stereocenters. The second kappa shape index (κ2) is 7.20. The van der Waals surface area contributed by atoms with Crippen molar-refractivity contribution in [2.24, 2.45) is 0 Å². The molecule has 0 N–H and O–H groups in total. The number of thioether (sulfide) groups is 1. The van der Waals surface area contributed by atoms with Crippen molar-refractivity contribution in [1.82, 2.24) is 19.2 Å². The van der Waals surface area contributed by atoms with E-state index in [9.17, 15) is 4.79 Å². The average Bonchev–Trinajstić information content (AvgIpc) is 3.29. The van der Waals surface area contributed by atoms with Crippen LogP contribution in [0.1, 0.15) is 51.9 Å². The SMILES string of the molecule is CCCCCn1c(=O)c2ccccc2n2c(SC3CCCC3)nnc12. The summed E-state index contributed by atoms with van der Waals surface area (Å²) in [5.74, 6) is 0.681. The Hall–Kier alpha value is -1.82. The fourth-order valence-electron chi connectivity index (χ4n) is 3.69. The van der Waals surface area contributed by atoms with Crippen LogP contribution < -0.4 is 5.56 Å². The molecule has 1 aliphatic carbocycles. The Morgan fingerprint density at radius 1 is 1.16 bits per heavy atom. The molecule has 1 aliphatic rings. The fourth-order valence-corrected chi connectivity index (χ4v) is 4.93. The lowest BCUT2D eigenvalue weighted by Gasteiger charge is -2.12. The molecule has 132 valence electrons. The van der Waals surface area contributed by atoms with Crippen molar-refractivity contribution in [3.8, 4) is 0 Å². The molecule has 2 heterocycles. The number of para-hydroxylation sites is 1. The third-order valence-electron chi connectivity index (χ3n) is 5.04. The van der Waals surface area contributed by atoms with Crippen LogP contribution >= 0.6 is 11.8 Å². The molecule has 6 heteroatoms. The monoisotopic (exact) mass is 356 g/mol. The Morgan fingerprint density at radius 2 is 1.96 bits per heavy atom. The molecule has 2 aromatic heterocycles. The van der Waals surface area contributed by atoms with Crippen molar-refractivity contribution >= 4 is 28.4 Å². The van der Waals surface area contributed by atoms with E-state index in [1.54, 1.807) is 0 Å². The molecule has 0 unspecified atom stereocenters. The van der Waals surface area contributed by atoms with Gasteiger partial charge in [0.2, 0.25) is 5.78 Å². The number of benzene rings is 1. The van der Waals surface area contributed by atoms with Crippen LogP contribution in [0.3, 0.4) is 0 Å². The zero-order chi connectivity index (χ0) is 17.2. The largest absolute Gasteiger partial charge is 0.276 e. The number of rotatable bonds is 6. The molecular weight excluding hydrogens is 332 g/mol. The molecule has 5 nitrogen and oxygen atoms in total. The summed E-state index contributed by atoms with van der Waals surface area (Å²) < 4.78 is 3.90. The summed E-state index contributed by atoms with van der Waals surface area (Å²) in [5, 5.41) is 11.1. The zero-order valence-corrected chi connectivity index (χ0v) is 15.5. The zero-order valence-electron chi connectivity index (χ0n) is 14.6. The van der Waals surface area contributed by atoms with Gasteiger partial charge in [0.05, 0.1) is 10.9 Å². The van der Waals surface area contributed by atoms with E-state index in [1.807, 2.05) is 40.6 Å². The number of aromatic nitrogens is 4. The first-order valence-electron chi connectivity index (χ1n) is 9.33. The van der Waals surface area contributed by atoms with Crippen LogP contribution in [0.4, 0.5) is 0 Å². The number of hydrogen-bond donors (Lipinski definition) is 0. The first-order valence-corrected chi connectivity index (χ1v) is 10.2. The third kappa shape index (κ3) is 3.08. The maximum Gasteiger partial charge on any atom is 0.262 e. The molecule has 0 aliphatic heterocycles. The highest BCUT2D eigenvalue weighted by Gasteiger charge is 2.22. The lowest BCUT2D eigenvalue weighted by molar-refractivity contribution is 0.594. The van der Waals surface area contributed by atoms with Gasteiger partial charge in [-0.25, -0.2) is 0 Å². The van der Waals surface area contributed by atoms with Crippen molar-refractivity contribution in [2.45, 2.75) is 68.8 Å². The summed E-state index contributed by atoms with van der Waals surface area (Å²) in [6.45, 7) is 2.87. The molecule has 0 saturated heterocycles. The first-order chi connectivity index (χ1) is 12.3. The van der Waals surface area contributed by atoms with Gasteiger partial charge in [-0.15, -0.1) is 10.2 Å². The topological polar surface area (TPSA) is 52.2 Å². The number of fused-ring (bicyclic) bond motifs is 3. The number of aryl methyl sites for hydroxylation is 1. The maximum absolute atomic E-state index is 13.0. The molecule has 4 rings (SSSR count). The van der Waals surface area contributed by atoms with Crippen molar-refractivity contribution in [3.05, 3.63) is 34.6 Å². The van der Waals surface area contributed by atoms with Crippen LogP contribution in [0, 0.1) is 0 Å². The smallest absolute Gasteiger partial charge is 0.262 e. The summed E-state index contributed by atoms with van der Waals surface area (Å²) in [5.41, 5.74) is 0.962. The second-order valence-electron chi connectivity index (χ2n) is 6.82. The standard InChI is InChI=1S/C19H24N4OS/c1-2-3-8-13-22-17(24)15-11-6-7-12-16(15)23-18(22)20-21-19(23)25-14-9-4-5-10-14/h6-7,11-12,14H,2-5,8-10,13H2,1H3. The molecule has 3 aromatic rings. The Kier molecular flexibility index (Phi) is 4.79. The van der Waals surface area contributed by atoms with Crippen molar-refractivity contribution < 1.29 is 0 Å². The highest BCUT2D eigenvalue weighted by Crippen LogP contribution is 2.34. The molecule has 0 radical (unpaired) electrons. The summed E-state index contributed by atoms with van der Waals surface area (Å²) in [6, 6.07) is 7.83. The van der Waals surface area contributed by atoms with Crippen molar-refractivity contribution in [3.63, 3.8) is 0 Å². The van der Waals surface area contributed by atoms with E-state index in [4.69, 9.17) is 0 Å². The van der Waals surface area contributed by atoms with Crippen LogP contribution in [0.25, 0.3) is 16.7 Å². The summed E-state index contributed by atoms with van der Waals surface area (Å²) in [6.07, 6.45) is 8.33. The van der Waals surface area contributed by atoms with Gasteiger partial charge in [-0.3, -0.25) is 13.8 Å². The molecule has 1 aromatic carbocycles. The van der Waals surface area contributed by atoms with Crippen LogP contribution in [0.2, 0.25) is 0 Å². The fraction of sp³-hybridized carbons (Fsp3) is 0.526. The van der Waals surface area contributed by atoms with Crippen LogP contribution in [0.5, 0.6) is 0 Å². The van der Waals surface area contributed by atoms with Crippen LogP contribution in [0.15, 0.2) is 34.2 Å². The van der Waals surface area contributed by atoms with Gasteiger partial charge in [-0.1, -0.05) is 56.5 Å². The van der Waals surface area contributed by atoms with Gasteiger partial charge >= 0.3 is 0 Å². The minimum atomic E-state index is 0.0454. The first kappa shape index (κ1) is 16.6. The minimum absolute atomic E-state index is 0.0454. The Bertz CT molecular complexity index is 940. The summed E-state index contributed by atoms with van der Waals surface area (Å²) >= 11 is 1.82. The molecule has 1 fully saturated rings. The van der Waals surface area contributed by atoms with E-state index in [0.29, 0.717) is 17.6 Å². The minimum Gasteiger partial charge on any atom is -0.276 e. The predicted octanol–water partition coefficient (Wildman–Crippen LogP) is 4.27. The molecule has 0 bridgehead atoms. The lowest BCUT2D eigenvalue weighted by Crippen LogP contribution is -2.23. The van der Waals surface area contributed by atoms with E-state index >= 15 is 0 Å². The Balaban J connectivity index is 1.87. The van der Waals surface area contributed by atoms with Crippen molar-refractivity contribution in [1.29, 1.82) is 0 Å². The van der Waals surface area contributed by atoms with Gasteiger partial charge in [0.1, 0.15) is 0 Å². The molecular formula is C19H24N4OS. The summed E-state index contributed by atoms with van der Waals surface area (Å²) in [7, 11) is 0. The number of unbranched alkanes of at least 4 members (excludes halogenated alkanes) is 2. The molecule has 0 amide bonds. The van der Waals surface area contributed by atoms with E-state index in [-0.39, 0.29) is 5.56 Å². The summed E-state index contributed by atoms with van der Waals surface area (Å²) in [4.78, 5) is 13.0. The van der Waals surface area contributed by atoms with Gasteiger partial charge in [-0.05, 0) is 31.4 Å². The van der Waals surface area contributed by atoms with Gasteiger partial charge < -0.3 is 0 Å². The highest BCUT2D eigenvalue weighted by molar-refractivity contribution is 7.99. The second-order valence-corrected chi connectivity index (χ2v) is 8.09. The maximum atomic E-state index is 13.0. The Labute approximate surface area is 151 Å². The quantitative estimate of drug-likeness (QED) is 0.619. The Morgan fingerprint density at radius 3 is 2.76 bits per heavy atom. The predicted molar refractivity (Wildman–Crippen MR) is 102 cm³/mol. The van der Waals surface area contributed by atoms with Gasteiger partial charge in [0.25, 0.3) is 5.56 Å².